The number of pyridine rings is 1. The number of sulfonamides is 1. The molecule has 13 heteroatoms. The number of rotatable bonds is 6. The standard InChI is InChI=1S/C12H6ClF4N.C11H15FN2O3S/c13-8-6-7(4-5-9(8)14)10-2-1-3-11(18-10)12(15,16)17;1-3-11(15)14-9-5-4-8(10(12)6-9)7-13-18(2,16)17/h1-6H;4-6,13H,3,7H2,1-2H3,(H,14,15). The van der Waals surface area contributed by atoms with Crippen LogP contribution in [0.15, 0.2) is 54.6 Å². The summed E-state index contributed by atoms with van der Waals surface area (Å²) in [4.78, 5) is 14.6. The lowest BCUT2D eigenvalue weighted by Crippen LogP contribution is -2.21. The molecule has 0 spiro atoms. The topological polar surface area (TPSA) is 88.2 Å². The first-order valence-electron chi connectivity index (χ1n) is 10.2. The van der Waals surface area contributed by atoms with Crippen molar-refractivity contribution >= 4 is 33.2 Å². The molecule has 0 saturated carbocycles. The van der Waals surface area contributed by atoms with Gasteiger partial charge in [0.1, 0.15) is 17.3 Å². The molecule has 0 unspecified atom stereocenters. The number of carbonyl (C=O) groups excluding carboxylic acids is 1. The Kier molecular flexibility index (Phi) is 9.91. The molecule has 0 saturated heterocycles. The molecule has 0 bridgehead atoms. The van der Waals surface area contributed by atoms with Crippen molar-refractivity contribution in [2.75, 3.05) is 11.6 Å². The van der Waals surface area contributed by atoms with Gasteiger partial charge in [-0.1, -0.05) is 30.7 Å². The first-order valence-corrected chi connectivity index (χ1v) is 12.5. The van der Waals surface area contributed by atoms with Gasteiger partial charge < -0.3 is 5.32 Å². The van der Waals surface area contributed by atoms with Gasteiger partial charge in [-0.05, 0) is 42.5 Å². The number of anilines is 1. The van der Waals surface area contributed by atoms with Crippen molar-refractivity contribution in [3.63, 3.8) is 0 Å². The van der Waals surface area contributed by atoms with E-state index in [2.05, 4.69) is 15.0 Å². The van der Waals surface area contributed by atoms with Gasteiger partial charge in [-0.25, -0.2) is 26.9 Å². The summed E-state index contributed by atoms with van der Waals surface area (Å²) in [5.74, 6) is -1.41. The van der Waals surface area contributed by atoms with Gasteiger partial charge in [0, 0.05) is 29.8 Å². The molecule has 0 atom stereocenters. The lowest BCUT2D eigenvalue weighted by Gasteiger charge is -2.08. The van der Waals surface area contributed by atoms with E-state index in [0.29, 0.717) is 17.7 Å². The maximum Gasteiger partial charge on any atom is 0.433 e. The van der Waals surface area contributed by atoms with Crippen LogP contribution in [0.4, 0.5) is 27.6 Å². The normalized spacial score (nSPS) is 11.4. The van der Waals surface area contributed by atoms with Gasteiger partial charge in [0.2, 0.25) is 15.9 Å². The van der Waals surface area contributed by atoms with Gasteiger partial charge in [-0.3, -0.25) is 4.79 Å². The van der Waals surface area contributed by atoms with E-state index in [4.69, 9.17) is 11.6 Å². The van der Waals surface area contributed by atoms with Crippen molar-refractivity contribution in [1.82, 2.24) is 9.71 Å². The number of hydrogen-bond acceptors (Lipinski definition) is 4. The zero-order valence-corrected chi connectivity index (χ0v) is 20.5. The average molecular weight is 550 g/mol. The van der Waals surface area contributed by atoms with Crippen LogP contribution in [0.1, 0.15) is 24.6 Å². The molecule has 0 radical (unpaired) electrons. The highest BCUT2D eigenvalue weighted by Gasteiger charge is 2.32. The molecule has 0 aliphatic heterocycles. The van der Waals surface area contributed by atoms with E-state index < -0.39 is 33.5 Å². The number of alkyl halides is 3. The fourth-order valence-corrected chi connectivity index (χ4v) is 3.23. The summed E-state index contributed by atoms with van der Waals surface area (Å²) in [6.45, 7) is 1.57. The Labute approximate surface area is 209 Å². The molecule has 2 aromatic carbocycles. The molecule has 194 valence electrons. The van der Waals surface area contributed by atoms with Gasteiger partial charge >= 0.3 is 6.18 Å². The predicted octanol–water partition coefficient (Wildman–Crippen LogP) is 5.78. The van der Waals surface area contributed by atoms with Crippen LogP contribution in [0.3, 0.4) is 0 Å². The summed E-state index contributed by atoms with van der Waals surface area (Å²) in [5.41, 5.74) is -0.0166. The Balaban J connectivity index is 0.000000254. The highest BCUT2D eigenvalue weighted by molar-refractivity contribution is 7.88. The van der Waals surface area contributed by atoms with E-state index in [1.165, 1.54) is 36.4 Å². The van der Waals surface area contributed by atoms with Crippen molar-refractivity contribution in [3.8, 4) is 11.3 Å². The fraction of sp³-hybridized carbons (Fsp3) is 0.217. The quantitative estimate of drug-likeness (QED) is 0.381. The highest BCUT2D eigenvalue weighted by Crippen LogP contribution is 2.30. The second-order valence-electron chi connectivity index (χ2n) is 7.34. The van der Waals surface area contributed by atoms with Crippen molar-refractivity contribution < 1.29 is 35.2 Å². The second-order valence-corrected chi connectivity index (χ2v) is 9.58. The third kappa shape index (κ3) is 9.17. The van der Waals surface area contributed by atoms with E-state index in [0.717, 1.165) is 24.5 Å². The minimum atomic E-state index is -4.51. The van der Waals surface area contributed by atoms with Crippen LogP contribution in [-0.2, 0) is 27.5 Å². The van der Waals surface area contributed by atoms with Crippen molar-refractivity contribution in [3.05, 3.63) is 82.5 Å². The molecule has 3 rings (SSSR count). The zero-order valence-electron chi connectivity index (χ0n) is 19.0. The molecule has 2 N–H and O–H groups in total. The Morgan fingerprint density at radius 1 is 1.03 bits per heavy atom. The number of aromatic nitrogens is 1. The van der Waals surface area contributed by atoms with Gasteiger partial charge in [-0.2, -0.15) is 13.2 Å². The number of nitrogens with one attached hydrogen (secondary N) is 2. The van der Waals surface area contributed by atoms with E-state index in [1.54, 1.807) is 6.92 Å². The molecule has 0 aliphatic carbocycles. The molecular weight excluding hydrogens is 529 g/mol. The second kappa shape index (κ2) is 12.2. The maximum absolute atomic E-state index is 13.6. The van der Waals surface area contributed by atoms with E-state index in [9.17, 15) is 35.2 Å². The monoisotopic (exact) mass is 549 g/mol. The minimum Gasteiger partial charge on any atom is -0.326 e. The molecule has 0 aliphatic rings. The Bertz CT molecular complexity index is 1330. The first-order chi connectivity index (χ1) is 16.7. The van der Waals surface area contributed by atoms with Crippen molar-refractivity contribution in [2.24, 2.45) is 0 Å². The Morgan fingerprint density at radius 2 is 1.72 bits per heavy atom. The summed E-state index contributed by atoms with van der Waals surface area (Å²) >= 11 is 5.57. The van der Waals surface area contributed by atoms with Crippen molar-refractivity contribution in [2.45, 2.75) is 26.1 Å². The summed E-state index contributed by atoms with van der Waals surface area (Å²) in [6, 6.07) is 11.3. The number of nitrogens with zero attached hydrogens (tertiary/aromatic N) is 1. The third-order valence-electron chi connectivity index (χ3n) is 4.44. The Morgan fingerprint density at radius 3 is 2.28 bits per heavy atom. The molecule has 1 amide bonds. The Hall–Kier alpha value is -3.09. The molecule has 6 nitrogen and oxygen atoms in total. The van der Waals surface area contributed by atoms with Crippen LogP contribution >= 0.6 is 11.6 Å². The maximum atomic E-state index is 13.6. The minimum absolute atomic E-state index is 0.0896. The third-order valence-corrected chi connectivity index (χ3v) is 5.40. The number of carbonyl (C=O) groups is 1. The zero-order chi connectivity index (χ0) is 27.1. The number of benzene rings is 2. The van der Waals surface area contributed by atoms with E-state index in [-0.39, 0.29) is 28.7 Å². The smallest absolute Gasteiger partial charge is 0.326 e. The molecule has 1 heterocycles. The molecular formula is C23H21ClF5N3O3S. The van der Waals surface area contributed by atoms with Crippen LogP contribution in [0.5, 0.6) is 0 Å². The molecule has 3 aromatic rings. The van der Waals surface area contributed by atoms with Crippen LogP contribution < -0.4 is 10.0 Å². The average Bonchev–Trinajstić information content (AvgIpc) is 2.79. The number of hydrogen-bond donors (Lipinski definition) is 2. The van der Waals surface area contributed by atoms with Crippen LogP contribution in [0, 0.1) is 11.6 Å². The van der Waals surface area contributed by atoms with E-state index >= 15 is 0 Å². The fourth-order valence-electron chi connectivity index (χ4n) is 2.64. The van der Waals surface area contributed by atoms with Crippen LogP contribution in [0.25, 0.3) is 11.3 Å². The van der Waals surface area contributed by atoms with Gasteiger partial charge in [0.05, 0.1) is 17.0 Å². The van der Waals surface area contributed by atoms with E-state index in [1.807, 2.05) is 0 Å². The largest absolute Gasteiger partial charge is 0.433 e. The molecule has 0 fully saturated rings. The lowest BCUT2D eigenvalue weighted by atomic mass is 10.1. The van der Waals surface area contributed by atoms with Crippen molar-refractivity contribution in [1.29, 1.82) is 0 Å². The molecule has 36 heavy (non-hydrogen) atoms. The SMILES string of the molecule is CCC(=O)Nc1ccc(CNS(C)(=O)=O)c(F)c1.Fc1ccc(-c2cccc(C(F)(F)F)n2)cc1Cl. The van der Waals surface area contributed by atoms with Crippen LogP contribution in [0.2, 0.25) is 5.02 Å². The summed E-state index contributed by atoms with van der Waals surface area (Å²) in [5, 5.41) is 2.35. The van der Waals surface area contributed by atoms with Gasteiger partial charge in [-0.15, -0.1) is 0 Å². The van der Waals surface area contributed by atoms with Gasteiger partial charge in [0.25, 0.3) is 0 Å². The van der Waals surface area contributed by atoms with Crippen LogP contribution in [-0.4, -0.2) is 25.6 Å². The number of halogens is 6. The summed E-state index contributed by atoms with van der Waals surface area (Å²) in [6.07, 6.45) is -3.21. The van der Waals surface area contributed by atoms with Gasteiger partial charge in [0.15, 0.2) is 0 Å². The number of amides is 1. The predicted molar refractivity (Wildman–Crippen MR) is 127 cm³/mol. The summed E-state index contributed by atoms with van der Waals surface area (Å²) < 4.78 is 87.9. The lowest BCUT2D eigenvalue weighted by molar-refractivity contribution is -0.141. The summed E-state index contributed by atoms with van der Waals surface area (Å²) in [7, 11) is -3.36. The molecule has 1 aromatic heterocycles. The highest BCUT2D eigenvalue weighted by atomic mass is 35.5. The first kappa shape index (κ1) is 29.1.